The Morgan fingerprint density at radius 2 is 2.40 bits per heavy atom. The molecule has 1 atom stereocenters. The van der Waals surface area contributed by atoms with E-state index in [9.17, 15) is 0 Å². The van der Waals surface area contributed by atoms with Gasteiger partial charge in [-0.1, -0.05) is 12.2 Å². The molecule has 1 unspecified atom stereocenters. The fourth-order valence-corrected chi connectivity index (χ4v) is 1.76. The van der Waals surface area contributed by atoms with Crippen molar-refractivity contribution < 1.29 is 0 Å². The van der Waals surface area contributed by atoms with Crippen LogP contribution < -0.4 is 11.1 Å². The molecule has 0 spiro atoms. The average molecular weight is 204 g/mol. The molecule has 0 aromatic carbocycles. The zero-order chi connectivity index (χ0) is 10.5. The summed E-state index contributed by atoms with van der Waals surface area (Å²) < 4.78 is 0. The van der Waals surface area contributed by atoms with E-state index in [1.165, 1.54) is 12.8 Å². The van der Waals surface area contributed by atoms with Crippen LogP contribution in [-0.2, 0) is 0 Å². The van der Waals surface area contributed by atoms with E-state index >= 15 is 0 Å². The van der Waals surface area contributed by atoms with Crippen molar-refractivity contribution in [3.05, 3.63) is 24.4 Å². The molecule has 2 rings (SSSR count). The van der Waals surface area contributed by atoms with Crippen LogP contribution in [0.3, 0.4) is 0 Å². The van der Waals surface area contributed by atoms with Gasteiger partial charge in [0, 0.05) is 12.7 Å². The van der Waals surface area contributed by atoms with Crippen LogP contribution in [0, 0.1) is 5.92 Å². The third-order valence-electron chi connectivity index (χ3n) is 2.62. The summed E-state index contributed by atoms with van der Waals surface area (Å²) in [5, 5.41) is 3.29. The first-order valence-corrected chi connectivity index (χ1v) is 5.32. The summed E-state index contributed by atoms with van der Waals surface area (Å²) in [4.78, 5) is 7.95. The Kier molecular flexibility index (Phi) is 3.17. The van der Waals surface area contributed by atoms with Crippen LogP contribution in [-0.4, -0.2) is 16.5 Å². The maximum absolute atomic E-state index is 5.49. The van der Waals surface area contributed by atoms with Crippen molar-refractivity contribution in [2.75, 3.05) is 17.6 Å². The van der Waals surface area contributed by atoms with Crippen molar-refractivity contribution in [2.45, 2.75) is 19.3 Å². The van der Waals surface area contributed by atoms with Crippen LogP contribution in [0.15, 0.2) is 24.4 Å². The van der Waals surface area contributed by atoms with E-state index in [4.69, 9.17) is 5.73 Å². The van der Waals surface area contributed by atoms with Crippen molar-refractivity contribution >= 4 is 11.8 Å². The predicted molar refractivity (Wildman–Crippen MR) is 61.4 cm³/mol. The highest BCUT2D eigenvalue weighted by Gasteiger charge is 2.09. The third-order valence-corrected chi connectivity index (χ3v) is 2.62. The first-order valence-electron chi connectivity index (χ1n) is 5.32. The molecule has 0 fully saturated rings. The fourth-order valence-electron chi connectivity index (χ4n) is 1.76. The third kappa shape index (κ3) is 2.94. The van der Waals surface area contributed by atoms with Crippen molar-refractivity contribution in [3.63, 3.8) is 0 Å². The normalized spacial score (nSPS) is 20.1. The molecule has 3 N–H and O–H groups in total. The number of nitrogen functional groups attached to an aromatic ring is 1. The lowest BCUT2D eigenvalue weighted by Gasteiger charge is -2.18. The Labute approximate surface area is 89.6 Å². The average Bonchev–Trinajstić information content (AvgIpc) is 2.28. The molecule has 0 radical (unpaired) electrons. The number of nitrogens with zero attached hydrogens (tertiary/aromatic N) is 2. The zero-order valence-corrected chi connectivity index (χ0v) is 8.69. The highest BCUT2D eigenvalue weighted by molar-refractivity contribution is 5.37. The number of hydrogen-bond donors (Lipinski definition) is 2. The molecule has 15 heavy (non-hydrogen) atoms. The number of nitrogens with two attached hydrogens (primary N) is 1. The molecule has 1 aliphatic rings. The molecular formula is C11H16N4. The maximum Gasteiger partial charge on any atom is 0.221 e. The van der Waals surface area contributed by atoms with Gasteiger partial charge < -0.3 is 11.1 Å². The number of rotatable bonds is 3. The van der Waals surface area contributed by atoms with Gasteiger partial charge in [0.2, 0.25) is 5.95 Å². The highest BCUT2D eigenvalue weighted by Crippen LogP contribution is 2.18. The molecular weight excluding hydrogens is 188 g/mol. The van der Waals surface area contributed by atoms with Gasteiger partial charge in [-0.15, -0.1) is 0 Å². The first kappa shape index (κ1) is 9.96. The molecule has 0 saturated carbocycles. The summed E-state index contributed by atoms with van der Waals surface area (Å²) in [5.41, 5.74) is 5.49. The smallest absolute Gasteiger partial charge is 0.221 e. The Bertz CT molecular complexity index is 348. The quantitative estimate of drug-likeness (QED) is 0.737. The zero-order valence-electron chi connectivity index (χ0n) is 8.69. The molecule has 1 heterocycles. The van der Waals surface area contributed by atoms with Crippen molar-refractivity contribution in [1.29, 1.82) is 0 Å². The van der Waals surface area contributed by atoms with Gasteiger partial charge in [-0.3, -0.25) is 0 Å². The minimum atomic E-state index is 0.323. The van der Waals surface area contributed by atoms with Gasteiger partial charge in [-0.05, 0) is 31.2 Å². The summed E-state index contributed by atoms with van der Waals surface area (Å²) in [7, 11) is 0. The number of allylic oxidation sites excluding steroid dienone is 2. The summed E-state index contributed by atoms with van der Waals surface area (Å²) in [6.45, 7) is 0.959. The molecule has 0 aliphatic heterocycles. The van der Waals surface area contributed by atoms with Gasteiger partial charge in [0.1, 0.15) is 5.82 Å². The van der Waals surface area contributed by atoms with Crippen LogP contribution in [0.4, 0.5) is 11.8 Å². The van der Waals surface area contributed by atoms with Crippen LogP contribution in [0.2, 0.25) is 0 Å². The number of aromatic nitrogens is 2. The molecule has 80 valence electrons. The minimum absolute atomic E-state index is 0.323. The van der Waals surface area contributed by atoms with E-state index in [2.05, 4.69) is 27.4 Å². The van der Waals surface area contributed by atoms with Crippen molar-refractivity contribution in [3.8, 4) is 0 Å². The number of nitrogens with one attached hydrogen (secondary N) is 1. The Morgan fingerprint density at radius 1 is 1.47 bits per heavy atom. The number of anilines is 2. The summed E-state index contributed by atoms with van der Waals surface area (Å²) in [6.07, 6.45) is 9.78. The predicted octanol–water partition coefficient (Wildman–Crippen LogP) is 1.83. The molecule has 0 bridgehead atoms. The minimum Gasteiger partial charge on any atom is -0.370 e. The SMILES string of the molecule is Nc1nccc(NCC2CC=CCC2)n1. The van der Waals surface area contributed by atoms with Gasteiger partial charge in [-0.25, -0.2) is 4.98 Å². The second kappa shape index (κ2) is 4.77. The van der Waals surface area contributed by atoms with Gasteiger partial charge in [0.15, 0.2) is 0 Å². The lowest BCUT2D eigenvalue weighted by atomic mass is 9.94. The lowest BCUT2D eigenvalue weighted by molar-refractivity contribution is 0.503. The van der Waals surface area contributed by atoms with Gasteiger partial charge in [0.25, 0.3) is 0 Å². The van der Waals surface area contributed by atoms with Gasteiger partial charge in [-0.2, -0.15) is 4.98 Å². The van der Waals surface area contributed by atoms with E-state index in [0.717, 1.165) is 18.8 Å². The Hall–Kier alpha value is -1.58. The van der Waals surface area contributed by atoms with Gasteiger partial charge in [0.05, 0.1) is 0 Å². The highest BCUT2D eigenvalue weighted by atomic mass is 15.1. The van der Waals surface area contributed by atoms with E-state index in [1.807, 2.05) is 6.07 Å². The maximum atomic E-state index is 5.49. The van der Waals surface area contributed by atoms with E-state index in [1.54, 1.807) is 6.20 Å². The Morgan fingerprint density at radius 3 is 3.13 bits per heavy atom. The summed E-state index contributed by atoms with van der Waals surface area (Å²) in [6, 6.07) is 1.84. The second-order valence-corrected chi connectivity index (χ2v) is 3.83. The summed E-state index contributed by atoms with van der Waals surface area (Å²) >= 11 is 0. The largest absolute Gasteiger partial charge is 0.370 e. The molecule has 0 saturated heterocycles. The van der Waals surface area contributed by atoms with E-state index in [-0.39, 0.29) is 0 Å². The molecule has 4 heteroatoms. The second-order valence-electron chi connectivity index (χ2n) is 3.83. The van der Waals surface area contributed by atoms with Crippen LogP contribution >= 0.6 is 0 Å². The van der Waals surface area contributed by atoms with Crippen LogP contribution in [0.5, 0.6) is 0 Å². The van der Waals surface area contributed by atoms with E-state index < -0.39 is 0 Å². The number of hydrogen-bond acceptors (Lipinski definition) is 4. The van der Waals surface area contributed by atoms with Crippen LogP contribution in [0.25, 0.3) is 0 Å². The topological polar surface area (TPSA) is 63.8 Å². The molecule has 0 amide bonds. The van der Waals surface area contributed by atoms with Crippen molar-refractivity contribution in [2.24, 2.45) is 5.92 Å². The molecule has 1 aromatic rings. The lowest BCUT2D eigenvalue weighted by Crippen LogP contribution is -2.16. The fraction of sp³-hybridized carbons (Fsp3) is 0.455. The van der Waals surface area contributed by atoms with Crippen LogP contribution in [0.1, 0.15) is 19.3 Å². The molecule has 4 nitrogen and oxygen atoms in total. The van der Waals surface area contributed by atoms with E-state index in [0.29, 0.717) is 11.9 Å². The molecule has 1 aliphatic carbocycles. The molecule has 1 aromatic heterocycles. The monoisotopic (exact) mass is 204 g/mol. The summed E-state index contributed by atoms with van der Waals surface area (Å²) in [5.74, 6) is 1.85. The van der Waals surface area contributed by atoms with Gasteiger partial charge >= 0.3 is 0 Å². The van der Waals surface area contributed by atoms with Crippen molar-refractivity contribution in [1.82, 2.24) is 9.97 Å². The Balaban J connectivity index is 1.84. The standard InChI is InChI=1S/C11H16N4/c12-11-13-7-6-10(15-11)14-8-9-4-2-1-3-5-9/h1-2,6-7,9H,3-5,8H2,(H3,12,13,14,15). The first-order chi connectivity index (χ1) is 7.34.